The van der Waals surface area contributed by atoms with Gasteiger partial charge in [-0.25, -0.2) is 4.98 Å². The summed E-state index contributed by atoms with van der Waals surface area (Å²) in [6.07, 6.45) is -0.0207. The van der Waals surface area contributed by atoms with Gasteiger partial charge in [-0.3, -0.25) is 19.4 Å². The minimum atomic E-state index is -0.429. The van der Waals surface area contributed by atoms with Crippen LogP contribution in [-0.4, -0.2) is 38.2 Å². The lowest BCUT2D eigenvalue weighted by Crippen LogP contribution is -2.19. The van der Waals surface area contributed by atoms with Crippen LogP contribution in [0.3, 0.4) is 0 Å². The van der Waals surface area contributed by atoms with Crippen molar-refractivity contribution >= 4 is 17.7 Å². The van der Waals surface area contributed by atoms with E-state index >= 15 is 0 Å². The van der Waals surface area contributed by atoms with Gasteiger partial charge in [0, 0.05) is 24.2 Å². The van der Waals surface area contributed by atoms with Crippen LogP contribution in [0.2, 0.25) is 0 Å². The number of hydrogen-bond acceptors (Lipinski definition) is 6. The summed E-state index contributed by atoms with van der Waals surface area (Å²) < 4.78 is 6.12. The largest absolute Gasteiger partial charge is 0.466 e. The average molecular weight is 333 g/mol. The lowest BCUT2D eigenvalue weighted by atomic mass is 10.3. The van der Waals surface area contributed by atoms with Crippen molar-refractivity contribution in [3.8, 4) is 5.95 Å². The van der Waals surface area contributed by atoms with E-state index in [0.29, 0.717) is 17.2 Å². The second-order valence-electron chi connectivity index (χ2n) is 5.15. The Balaban J connectivity index is 2.15. The summed E-state index contributed by atoms with van der Waals surface area (Å²) in [6, 6.07) is 3.00. The Bertz CT molecular complexity index is 808. The lowest BCUT2D eigenvalue weighted by molar-refractivity contribution is -0.144. The van der Waals surface area contributed by atoms with Crippen molar-refractivity contribution in [2.24, 2.45) is 0 Å². The average Bonchev–Trinajstić information content (AvgIpc) is 2.85. The summed E-state index contributed by atoms with van der Waals surface area (Å²) in [5, 5.41) is 6.88. The van der Waals surface area contributed by atoms with Gasteiger partial charge in [0.1, 0.15) is 5.82 Å². The van der Waals surface area contributed by atoms with E-state index in [4.69, 9.17) is 4.74 Å². The molecule has 0 saturated heterocycles. The maximum atomic E-state index is 12.0. The van der Waals surface area contributed by atoms with E-state index in [1.165, 1.54) is 10.7 Å². The molecule has 0 aliphatic carbocycles. The summed E-state index contributed by atoms with van der Waals surface area (Å²) in [4.78, 5) is 41.7. The summed E-state index contributed by atoms with van der Waals surface area (Å²) in [7, 11) is 0. The molecule has 0 radical (unpaired) electrons. The molecule has 0 saturated carbocycles. The van der Waals surface area contributed by atoms with E-state index in [0.717, 1.165) is 0 Å². The highest BCUT2D eigenvalue weighted by Crippen LogP contribution is 2.14. The van der Waals surface area contributed by atoms with Gasteiger partial charge in [0.25, 0.3) is 5.56 Å². The first kappa shape index (κ1) is 17.4. The van der Waals surface area contributed by atoms with Gasteiger partial charge < -0.3 is 10.1 Å². The Morgan fingerprint density at radius 1 is 1.25 bits per heavy atom. The summed E-state index contributed by atoms with van der Waals surface area (Å²) >= 11 is 0. The summed E-state index contributed by atoms with van der Waals surface area (Å²) in [6.45, 7) is 5.42. The summed E-state index contributed by atoms with van der Waals surface area (Å²) in [5.41, 5.74) is 0.853. The number of aromatic amines is 1. The van der Waals surface area contributed by atoms with E-state index < -0.39 is 5.97 Å². The first-order chi connectivity index (χ1) is 11.4. The predicted molar refractivity (Wildman–Crippen MR) is 86.0 cm³/mol. The zero-order chi connectivity index (χ0) is 17.7. The number of amides is 1. The third-order valence-corrected chi connectivity index (χ3v) is 3.02. The van der Waals surface area contributed by atoms with Gasteiger partial charge in [-0.2, -0.15) is 9.78 Å². The van der Waals surface area contributed by atoms with Crippen LogP contribution in [0.5, 0.6) is 0 Å². The number of nitrogens with one attached hydrogen (secondary N) is 2. The van der Waals surface area contributed by atoms with E-state index in [-0.39, 0.29) is 36.9 Å². The quantitative estimate of drug-likeness (QED) is 0.757. The molecule has 9 nitrogen and oxygen atoms in total. The maximum Gasteiger partial charge on any atom is 0.306 e. The number of ether oxygens (including phenoxy) is 1. The van der Waals surface area contributed by atoms with Crippen LogP contribution in [-0.2, 0) is 14.3 Å². The maximum absolute atomic E-state index is 12.0. The molecule has 2 rings (SSSR count). The van der Waals surface area contributed by atoms with Crippen molar-refractivity contribution in [1.82, 2.24) is 19.7 Å². The number of esters is 1. The van der Waals surface area contributed by atoms with Crippen LogP contribution in [0.25, 0.3) is 5.95 Å². The third-order valence-electron chi connectivity index (χ3n) is 3.02. The predicted octanol–water partition coefficient (Wildman–Crippen LogP) is 0.854. The van der Waals surface area contributed by atoms with Gasteiger partial charge in [0.15, 0.2) is 0 Å². The Kier molecular flexibility index (Phi) is 5.46. The monoisotopic (exact) mass is 333 g/mol. The molecule has 2 N–H and O–H groups in total. The molecule has 0 aliphatic rings. The Labute approximate surface area is 138 Å². The number of aryl methyl sites for hydroxylation is 2. The van der Waals surface area contributed by atoms with Gasteiger partial charge >= 0.3 is 5.97 Å². The fourth-order valence-corrected chi connectivity index (χ4v) is 2.07. The smallest absolute Gasteiger partial charge is 0.306 e. The first-order valence-corrected chi connectivity index (χ1v) is 7.49. The topological polar surface area (TPSA) is 119 Å². The molecule has 2 heterocycles. The van der Waals surface area contributed by atoms with Gasteiger partial charge in [-0.15, -0.1) is 0 Å². The molecular weight excluding hydrogens is 314 g/mol. The molecule has 9 heteroatoms. The van der Waals surface area contributed by atoms with E-state index in [2.05, 4.69) is 20.4 Å². The molecule has 0 fully saturated rings. The van der Waals surface area contributed by atoms with Crippen LogP contribution in [0.4, 0.5) is 5.82 Å². The van der Waals surface area contributed by atoms with Crippen molar-refractivity contribution in [3.63, 3.8) is 0 Å². The number of carbonyl (C=O) groups excluding carboxylic acids is 2. The normalized spacial score (nSPS) is 10.5. The third kappa shape index (κ3) is 4.51. The van der Waals surface area contributed by atoms with E-state index in [1.807, 2.05) is 0 Å². The van der Waals surface area contributed by atoms with E-state index in [9.17, 15) is 14.4 Å². The number of rotatable bonds is 6. The van der Waals surface area contributed by atoms with Crippen molar-refractivity contribution in [3.05, 3.63) is 33.9 Å². The molecule has 0 unspecified atom stereocenters. The summed E-state index contributed by atoms with van der Waals surface area (Å²) in [5.74, 6) is -0.231. The highest BCUT2D eigenvalue weighted by molar-refractivity contribution is 5.92. The number of aromatic nitrogens is 4. The van der Waals surface area contributed by atoms with Crippen molar-refractivity contribution in [1.29, 1.82) is 0 Å². The number of H-pyrrole nitrogens is 1. The van der Waals surface area contributed by atoms with Crippen molar-refractivity contribution in [2.45, 2.75) is 33.6 Å². The van der Waals surface area contributed by atoms with Crippen LogP contribution in [0.15, 0.2) is 16.9 Å². The molecule has 0 aliphatic heterocycles. The molecule has 0 atom stereocenters. The number of anilines is 1. The molecular formula is C15H19N5O4. The van der Waals surface area contributed by atoms with Crippen molar-refractivity contribution in [2.75, 3.05) is 11.9 Å². The van der Waals surface area contributed by atoms with Crippen LogP contribution in [0, 0.1) is 13.8 Å². The van der Waals surface area contributed by atoms with Crippen molar-refractivity contribution < 1.29 is 14.3 Å². The van der Waals surface area contributed by atoms with Gasteiger partial charge in [-0.05, 0) is 20.8 Å². The number of hydrogen-bond donors (Lipinski definition) is 2. The Morgan fingerprint density at radius 3 is 2.67 bits per heavy atom. The Hall–Kier alpha value is -2.97. The molecule has 0 aromatic carbocycles. The minimum Gasteiger partial charge on any atom is -0.466 e. The van der Waals surface area contributed by atoms with Crippen LogP contribution in [0.1, 0.15) is 31.2 Å². The molecule has 2 aromatic heterocycles. The Morgan fingerprint density at radius 2 is 2.00 bits per heavy atom. The highest BCUT2D eigenvalue weighted by Gasteiger charge is 2.14. The molecule has 24 heavy (non-hydrogen) atoms. The fraction of sp³-hybridized carbons (Fsp3) is 0.400. The zero-order valence-corrected chi connectivity index (χ0v) is 13.8. The molecule has 2 aromatic rings. The van der Waals surface area contributed by atoms with Crippen LogP contribution >= 0.6 is 0 Å². The molecule has 1 amide bonds. The molecule has 0 bridgehead atoms. The second kappa shape index (κ2) is 7.53. The van der Waals surface area contributed by atoms with Gasteiger partial charge in [0.05, 0.1) is 18.7 Å². The highest BCUT2D eigenvalue weighted by atomic mass is 16.5. The first-order valence-electron chi connectivity index (χ1n) is 7.49. The SMILES string of the molecule is CCOC(=O)CCC(=O)Nc1cc(C)nn1-c1nc(C)cc(=O)[nH]1. The van der Waals surface area contributed by atoms with Crippen LogP contribution < -0.4 is 10.9 Å². The van der Waals surface area contributed by atoms with Gasteiger partial charge in [0.2, 0.25) is 11.9 Å². The standard InChI is InChI=1S/C15H19N5O4/c1-4-24-14(23)6-5-12(21)17-11-7-10(3)19-20(11)15-16-9(2)8-13(22)18-15/h7-8H,4-6H2,1-3H3,(H,17,21)(H,16,18,22). The number of nitrogens with zero attached hydrogens (tertiary/aromatic N) is 3. The second-order valence-corrected chi connectivity index (χ2v) is 5.15. The van der Waals surface area contributed by atoms with Gasteiger partial charge in [-0.1, -0.05) is 0 Å². The molecule has 0 spiro atoms. The van der Waals surface area contributed by atoms with E-state index in [1.54, 1.807) is 26.8 Å². The zero-order valence-electron chi connectivity index (χ0n) is 13.8. The number of carbonyl (C=O) groups is 2. The fourth-order valence-electron chi connectivity index (χ4n) is 2.07. The lowest BCUT2D eigenvalue weighted by Gasteiger charge is -2.08. The minimum absolute atomic E-state index is 0.00762. The molecule has 128 valence electrons.